The second kappa shape index (κ2) is 10.3. The van der Waals surface area contributed by atoms with E-state index in [1.54, 1.807) is 0 Å². The number of aromatic nitrogens is 2. The highest BCUT2D eigenvalue weighted by Crippen LogP contribution is 2.33. The fourth-order valence-electron chi connectivity index (χ4n) is 4.53. The van der Waals surface area contributed by atoms with Gasteiger partial charge < -0.3 is 0 Å². The molecule has 0 spiro atoms. The third-order valence-electron chi connectivity index (χ3n) is 5.80. The van der Waals surface area contributed by atoms with E-state index in [1.807, 2.05) is 27.7 Å². The topological polar surface area (TPSA) is 17.3 Å². The van der Waals surface area contributed by atoms with Crippen molar-refractivity contribution < 1.29 is 0 Å². The highest BCUT2D eigenvalue weighted by molar-refractivity contribution is 5.91. The maximum Gasteiger partial charge on any atom is 0.146 e. The molecule has 0 fully saturated rings. The van der Waals surface area contributed by atoms with Gasteiger partial charge in [-0.15, -0.1) is 0 Å². The number of pyridine rings is 1. The third kappa shape index (κ3) is 3.98. The van der Waals surface area contributed by atoms with E-state index in [2.05, 4.69) is 101 Å². The van der Waals surface area contributed by atoms with Gasteiger partial charge in [0.25, 0.3) is 0 Å². The van der Waals surface area contributed by atoms with Crippen LogP contribution in [0.4, 0.5) is 0 Å². The summed E-state index contributed by atoms with van der Waals surface area (Å²) in [4.78, 5) is 5.23. The number of hydrogen-bond acceptors (Lipinski definition) is 1. The van der Waals surface area contributed by atoms with E-state index < -0.39 is 0 Å². The van der Waals surface area contributed by atoms with Crippen molar-refractivity contribution in [2.75, 3.05) is 0 Å². The van der Waals surface area contributed by atoms with Crippen molar-refractivity contribution >= 4 is 28.7 Å². The molecule has 6 rings (SSSR count). The van der Waals surface area contributed by atoms with E-state index in [0.717, 1.165) is 35.4 Å². The Morgan fingerprint density at radius 2 is 1.15 bits per heavy atom. The van der Waals surface area contributed by atoms with Crippen LogP contribution < -0.4 is 10.4 Å². The molecule has 2 heterocycles. The SMILES string of the molecule is C1=c2c(c3nc(-c4ccccc4)c(-c4ccccc4)n3c3ccccc23)=CCC1.CC.CC. The quantitative estimate of drug-likeness (QED) is 0.288. The highest BCUT2D eigenvalue weighted by Gasteiger charge is 2.19. The molecule has 166 valence electrons. The lowest BCUT2D eigenvalue weighted by Crippen LogP contribution is -2.30. The Balaban J connectivity index is 0.000000617. The molecule has 0 bridgehead atoms. The highest BCUT2D eigenvalue weighted by atomic mass is 15.0. The summed E-state index contributed by atoms with van der Waals surface area (Å²) < 4.78 is 2.36. The minimum absolute atomic E-state index is 1.04. The molecule has 0 aliphatic heterocycles. The van der Waals surface area contributed by atoms with E-state index in [1.165, 1.54) is 26.9 Å². The fourth-order valence-corrected chi connectivity index (χ4v) is 4.53. The van der Waals surface area contributed by atoms with Crippen molar-refractivity contribution in [3.8, 4) is 22.5 Å². The van der Waals surface area contributed by atoms with Crippen molar-refractivity contribution in [1.82, 2.24) is 9.38 Å². The number of benzene rings is 3. The lowest BCUT2D eigenvalue weighted by Gasteiger charge is -2.11. The lowest BCUT2D eigenvalue weighted by molar-refractivity contribution is 1.11. The zero-order valence-corrected chi connectivity index (χ0v) is 20.0. The Morgan fingerprint density at radius 1 is 0.606 bits per heavy atom. The minimum Gasteiger partial charge on any atom is -0.291 e. The van der Waals surface area contributed by atoms with Crippen molar-refractivity contribution in [1.29, 1.82) is 0 Å². The van der Waals surface area contributed by atoms with Gasteiger partial charge in [-0.3, -0.25) is 4.40 Å². The molecule has 2 heteroatoms. The molecule has 1 aliphatic rings. The molecule has 0 saturated carbocycles. The molecule has 0 amide bonds. The van der Waals surface area contributed by atoms with Crippen LogP contribution in [0.1, 0.15) is 40.5 Å². The van der Waals surface area contributed by atoms with E-state index in [9.17, 15) is 0 Å². The third-order valence-corrected chi connectivity index (χ3v) is 5.80. The zero-order chi connectivity index (χ0) is 23.2. The van der Waals surface area contributed by atoms with Crippen LogP contribution in [-0.2, 0) is 0 Å². The summed E-state index contributed by atoms with van der Waals surface area (Å²) in [6.07, 6.45) is 6.88. The standard InChI is InChI=1S/C27H20N2.2C2H6/c1-3-11-19(12-4-1)25-26(20-13-5-2-6-14-20)29-24-18-10-9-16-22(24)21-15-7-8-17-23(21)27(29)28-25;2*1-2/h1-6,9-18H,7-8H2;2*1-2H3. The Hall–Kier alpha value is -3.65. The Morgan fingerprint density at radius 3 is 1.82 bits per heavy atom. The molecule has 2 aromatic heterocycles. The van der Waals surface area contributed by atoms with Crippen LogP contribution in [0.25, 0.3) is 51.2 Å². The maximum absolute atomic E-state index is 5.23. The smallest absolute Gasteiger partial charge is 0.146 e. The summed E-state index contributed by atoms with van der Waals surface area (Å²) >= 11 is 0. The van der Waals surface area contributed by atoms with Crippen molar-refractivity contribution in [2.45, 2.75) is 40.5 Å². The summed E-state index contributed by atoms with van der Waals surface area (Å²) in [5.41, 5.74) is 6.78. The largest absolute Gasteiger partial charge is 0.291 e. The second-order valence-corrected chi connectivity index (χ2v) is 7.53. The monoisotopic (exact) mass is 432 g/mol. The molecule has 5 aromatic rings. The van der Waals surface area contributed by atoms with Gasteiger partial charge >= 0.3 is 0 Å². The zero-order valence-electron chi connectivity index (χ0n) is 20.0. The van der Waals surface area contributed by atoms with Gasteiger partial charge in [0.1, 0.15) is 5.65 Å². The molecule has 0 saturated heterocycles. The number of fused-ring (bicyclic) bond motifs is 6. The minimum atomic E-state index is 1.04. The first-order valence-electron chi connectivity index (χ1n) is 12.2. The van der Waals surface area contributed by atoms with Crippen LogP contribution in [0.15, 0.2) is 84.9 Å². The fraction of sp³-hybridized carbons (Fsp3) is 0.194. The normalized spacial score (nSPS) is 11.9. The van der Waals surface area contributed by atoms with Crippen LogP contribution in [0.2, 0.25) is 0 Å². The van der Waals surface area contributed by atoms with Gasteiger partial charge in [0.15, 0.2) is 0 Å². The van der Waals surface area contributed by atoms with E-state index in [4.69, 9.17) is 4.98 Å². The number of rotatable bonds is 2. The Labute approximate surface area is 196 Å². The predicted octanol–water partition coefficient (Wildman–Crippen LogP) is 7.23. The summed E-state index contributed by atoms with van der Waals surface area (Å²) in [6.45, 7) is 8.00. The van der Waals surface area contributed by atoms with Gasteiger partial charge in [-0.25, -0.2) is 4.98 Å². The van der Waals surface area contributed by atoms with Gasteiger partial charge in [0.05, 0.1) is 16.9 Å². The average Bonchev–Trinajstić information content (AvgIpc) is 3.33. The summed E-state index contributed by atoms with van der Waals surface area (Å²) in [6, 6.07) is 29.9. The molecule has 33 heavy (non-hydrogen) atoms. The second-order valence-electron chi connectivity index (χ2n) is 7.53. The van der Waals surface area contributed by atoms with Crippen LogP contribution in [0.5, 0.6) is 0 Å². The van der Waals surface area contributed by atoms with Crippen LogP contribution in [0.3, 0.4) is 0 Å². The number of para-hydroxylation sites is 1. The molecule has 0 N–H and O–H groups in total. The van der Waals surface area contributed by atoms with Gasteiger partial charge in [-0.2, -0.15) is 0 Å². The van der Waals surface area contributed by atoms with Gasteiger partial charge in [0.2, 0.25) is 0 Å². The molecule has 1 aliphatic carbocycles. The summed E-state index contributed by atoms with van der Waals surface area (Å²) in [5, 5.41) is 3.87. The molecule has 0 atom stereocenters. The Kier molecular flexibility index (Phi) is 7.04. The van der Waals surface area contributed by atoms with E-state index >= 15 is 0 Å². The van der Waals surface area contributed by atoms with Crippen LogP contribution in [-0.4, -0.2) is 9.38 Å². The lowest BCUT2D eigenvalue weighted by atomic mass is 10.0. The first-order valence-corrected chi connectivity index (χ1v) is 12.2. The maximum atomic E-state index is 5.23. The van der Waals surface area contributed by atoms with Crippen molar-refractivity contribution in [3.05, 3.63) is 95.4 Å². The number of hydrogen-bond donors (Lipinski definition) is 0. The molecule has 0 unspecified atom stereocenters. The van der Waals surface area contributed by atoms with Crippen LogP contribution >= 0.6 is 0 Å². The predicted molar refractivity (Wildman–Crippen MR) is 144 cm³/mol. The summed E-state index contributed by atoms with van der Waals surface area (Å²) in [5.74, 6) is 0. The molecule has 2 nitrogen and oxygen atoms in total. The molecular formula is C31H32N2. The Bertz CT molecular complexity index is 1480. The number of nitrogens with zero attached hydrogens (tertiary/aromatic N) is 2. The van der Waals surface area contributed by atoms with E-state index in [0.29, 0.717) is 0 Å². The van der Waals surface area contributed by atoms with Crippen LogP contribution in [0, 0.1) is 0 Å². The molecule has 3 aromatic carbocycles. The number of imidazole rings is 1. The molecular weight excluding hydrogens is 400 g/mol. The molecule has 0 radical (unpaired) electrons. The van der Waals surface area contributed by atoms with Gasteiger partial charge in [0, 0.05) is 21.7 Å². The van der Waals surface area contributed by atoms with Crippen molar-refractivity contribution in [2.24, 2.45) is 0 Å². The van der Waals surface area contributed by atoms with Gasteiger partial charge in [-0.1, -0.05) is 119 Å². The average molecular weight is 433 g/mol. The van der Waals surface area contributed by atoms with Gasteiger partial charge in [-0.05, 0) is 24.1 Å². The van der Waals surface area contributed by atoms with E-state index in [-0.39, 0.29) is 0 Å². The first kappa shape index (κ1) is 22.5. The summed E-state index contributed by atoms with van der Waals surface area (Å²) in [7, 11) is 0. The van der Waals surface area contributed by atoms with Crippen molar-refractivity contribution in [3.63, 3.8) is 0 Å². The first-order chi connectivity index (χ1) is 16.4.